The second-order valence-corrected chi connectivity index (χ2v) is 5.99. The van der Waals surface area contributed by atoms with Crippen molar-refractivity contribution in [1.29, 1.82) is 0 Å². The van der Waals surface area contributed by atoms with Gasteiger partial charge in [-0.05, 0) is 5.56 Å². The highest BCUT2D eigenvalue weighted by Crippen LogP contribution is 2.13. The van der Waals surface area contributed by atoms with Crippen molar-refractivity contribution in [3.8, 4) is 11.3 Å². The van der Waals surface area contributed by atoms with Crippen LogP contribution in [0.2, 0.25) is 13.1 Å². The van der Waals surface area contributed by atoms with E-state index in [1.54, 1.807) is 0 Å². The third-order valence-electron chi connectivity index (χ3n) is 2.13. The van der Waals surface area contributed by atoms with Gasteiger partial charge in [0.15, 0.2) is 0 Å². The van der Waals surface area contributed by atoms with Crippen molar-refractivity contribution in [3.63, 3.8) is 0 Å². The first kappa shape index (κ1) is 9.21. The molecule has 0 saturated carbocycles. The Balaban J connectivity index is 2.34. The molecule has 14 heavy (non-hydrogen) atoms. The second-order valence-electron chi connectivity index (χ2n) is 3.51. The van der Waals surface area contributed by atoms with Crippen molar-refractivity contribution in [2.75, 3.05) is 0 Å². The van der Waals surface area contributed by atoms with E-state index in [9.17, 15) is 0 Å². The van der Waals surface area contributed by atoms with Crippen LogP contribution >= 0.6 is 0 Å². The van der Waals surface area contributed by atoms with E-state index in [1.807, 2.05) is 24.4 Å². The number of hydrogen-bond donors (Lipinski definition) is 1. The lowest BCUT2D eigenvalue weighted by molar-refractivity contribution is 1.38. The minimum atomic E-state index is -0.465. The number of imidazole rings is 1. The molecule has 71 valence electrons. The van der Waals surface area contributed by atoms with Gasteiger partial charge in [-0.1, -0.05) is 43.4 Å². The SMILES string of the molecule is C[Si](C)c1ncc(-c2ccccc2)[nH]1. The minimum absolute atomic E-state index is 0.465. The molecule has 1 aromatic carbocycles. The molecule has 1 N–H and O–H groups in total. The molecule has 2 nitrogen and oxygen atoms in total. The molecule has 0 spiro atoms. The van der Waals surface area contributed by atoms with Crippen LogP contribution in [0.25, 0.3) is 11.3 Å². The van der Waals surface area contributed by atoms with Crippen molar-refractivity contribution in [3.05, 3.63) is 36.5 Å². The summed E-state index contributed by atoms with van der Waals surface area (Å²) in [5, 5.41) is 0. The fraction of sp³-hybridized carbons (Fsp3) is 0.182. The lowest BCUT2D eigenvalue weighted by atomic mass is 10.2. The molecule has 1 radical (unpaired) electrons. The fourth-order valence-corrected chi connectivity index (χ4v) is 2.05. The summed E-state index contributed by atoms with van der Waals surface area (Å²) in [5.74, 6) is 0. The fourth-order valence-electron chi connectivity index (χ4n) is 1.34. The van der Waals surface area contributed by atoms with E-state index >= 15 is 0 Å². The van der Waals surface area contributed by atoms with Gasteiger partial charge in [-0.15, -0.1) is 0 Å². The van der Waals surface area contributed by atoms with E-state index in [2.05, 4.69) is 35.2 Å². The Bertz CT molecular complexity index is 406. The largest absolute Gasteiger partial charge is 0.346 e. The average Bonchev–Trinajstić information content (AvgIpc) is 2.68. The summed E-state index contributed by atoms with van der Waals surface area (Å²) in [6, 6.07) is 10.3. The zero-order chi connectivity index (χ0) is 9.97. The third-order valence-corrected chi connectivity index (χ3v) is 3.34. The van der Waals surface area contributed by atoms with E-state index < -0.39 is 8.80 Å². The number of rotatable bonds is 2. The summed E-state index contributed by atoms with van der Waals surface area (Å²) in [5.41, 5.74) is 3.47. The van der Waals surface area contributed by atoms with Crippen LogP contribution in [-0.4, -0.2) is 18.8 Å². The Hall–Kier alpha value is -1.35. The second kappa shape index (κ2) is 3.80. The lowest BCUT2D eigenvalue weighted by Gasteiger charge is -1.97. The minimum Gasteiger partial charge on any atom is -0.346 e. The molecular weight excluding hydrogens is 188 g/mol. The molecule has 0 amide bonds. The van der Waals surface area contributed by atoms with E-state index in [1.165, 1.54) is 5.56 Å². The van der Waals surface area contributed by atoms with Gasteiger partial charge < -0.3 is 4.98 Å². The first-order chi connectivity index (χ1) is 6.77. The Morgan fingerprint density at radius 1 is 1.14 bits per heavy atom. The first-order valence-corrected chi connectivity index (χ1v) is 7.18. The zero-order valence-electron chi connectivity index (χ0n) is 8.41. The molecule has 0 atom stereocenters. The molecule has 1 heterocycles. The number of benzene rings is 1. The normalized spacial score (nSPS) is 10.8. The van der Waals surface area contributed by atoms with E-state index in [0.29, 0.717) is 0 Å². The van der Waals surface area contributed by atoms with Gasteiger partial charge in [0.05, 0.1) is 17.3 Å². The van der Waals surface area contributed by atoms with Crippen LogP contribution in [0.15, 0.2) is 36.5 Å². The summed E-state index contributed by atoms with van der Waals surface area (Å²) < 4.78 is 0. The van der Waals surface area contributed by atoms with Crippen LogP contribution in [0.4, 0.5) is 0 Å². The van der Waals surface area contributed by atoms with Crippen LogP contribution in [-0.2, 0) is 0 Å². The summed E-state index contributed by atoms with van der Waals surface area (Å²) >= 11 is 0. The molecular formula is C11H13N2Si. The van der Waals surface area contributed by atoms with Crippen molar-refractivity contribution in [2.45, 2.75) is 13.1 Å². The van der Waals surface area contributed by atoms with E-state index in [0.717, 1.165) is 11.1 Å². The Morgan fingerprint density at radius 3 is 2.43 bits per heavy atom. The van der Waals surface area contributed by atoms with Gasteiger partial charge in [-0.25, -0.2) is 4.98 Å². The maximum atomic E-state index is 4.38. The topological polar surface area (TPSA) is 28.7 Å². The molecule has 2 aromatic rings. The van der Waals surface area contributed by atoms with Crippen LogP contribution < -0.4 is 5.45 Å². The van der Waals surface area contributed by atoms with Crippen molar-refractivity contribution >= 4 is 14.2 Å². The maximum Gasteiger partial charge on any atom is 0.127 e. The molecule has 0 aliphatic heterocycles. The van der Waals surface area contributed by atoms with Crippen molar-refractivity contribution < 1.29 is 0 Å². The predicted octanol–water partition coefficient (Wildman–Crippen LogP) is 2.04. The van der Waals surface area contributed by atoms with Crippen LogP contribution in [0.5, 0.6) is 0 Å². The molecule has 2 rings (SSSR count). The zero-order valence-corrected chi connectivity index (χ0v) is 9.41. The van der Waals surface area contributed by atoms with E-state index in [-0.39, 0.29) is 0 Å². The number of aromatic amines is 1. The van der Waals surface area contributed by atoms with Gasteiger partial charge >= 0.3 is 0 Å². The molecule has 0 aliphatic rings. The van der Waals surface area contributed by atoms with Crippen LogP contribution in [0.3, 0.4) is 0 Å². The smallest absolute Gasteiger partial charge is 0.127 e. The quantitative estimate of drug-likeness (QED) is 0.740. The predicted molar refractivity (Wildman–Crippen MR) is 61.1 cm³/mol. The monoisotopic (exact) mass is 201 g/mol. The standard InChI is InChI=1S/C11H13N2Si/c1-14(2)11-12-8-10(13-11)9-6-4-3-5-7-9/h3-8H,1-2H3,(H,12,13). The highest BCUT2D eigenvalue weighted by Gasteiger charge is 2.06. The van der Waals surface area contributed by atoms with Gasteiger partial charge in [-0.2, -0.15) is 0 Å². The number of nitrogens with one attached hydrogen (secondary N) is 1. The molecule has 0 saturated heterocycles. The summed E-state index contributed by atoms with van der Waals surface area (Å²) in [6.45, 7) is 4.47. The number of H-pyrrole nitrogens is 1. The van der Waals surface area contributed by atoms with Gasteiger partial charge in [0, 0.05) is 0 Å². The van der Waals surface area contributed by atoms with Crippen molar-refractivity contribution in [1.82, 2.24) is 9.97 Å². The summed E-state index contributed by atoms with van der Waals surface area (Å²) in [4.78, 5) is 7.74. The summed E-state index contributed by atoms with van der Waals surface area (Å²) in [6.07, 6.45) is 1.92. The highest BCUT2D eigenvalue weighted by molar-refractivity contribution is 6.69. The number of hydrogen-bond acceptors (Lipinski definition) is 1. The van der Waals surface area contributed by atoms with Gasteiger partial charge in [0.25, 0.3) is 0 Å². The Labute approximate surface area is 85.6 Å². The molecule has 3 heteroatoms. The average molecular weight is 201 g/mol. The lowest BCUT2D eigenvalue weighted by Crippen LogP contribution is -2.26. The van der Waals surface area contributed by atoms with Crippen LogP contribution in [0.1, 0.15) is 0 Å². The Kier molecular flexibility index (Phi) is 2.50. The van der Waals surface area contributed by atoms with Crippen LogP contribution in [0, 0.1) is 0 Å². The third kappa shape index (κ3) is 1.77. The summed E-state index contributed by atoms with van der Waals surface area (Å²) in [7, 11) is -0.465. The molecule has 0 unspecified atom stereocenters. The number of aromatic nitrogens is 2. The van der Waals surface area contributed by atoms with E-state index in [4.69, 9.17) is 0 Å². The first-order valence-electron chi connectivity index (χ1n) is 4.68. The van der Waals surface area contributed by atoms with Crippen molar-refractivity contribution in [2.24, 2.45) is 0 Å². The Morgan fingerprint density at radius 2 is 1.86 bits per heavy atom. The molecule has 0 bridgehead atoms. The molecule has 0 fully saturated rings. The molecule has 0 aliphatic carbocycles. The van der Waals surface area contributed by atoms with Gasteiger partial charge in [-0.3, -0.25) is 0 Å². The highest BCUT2D eigenvalue weighted by atomic mass is 28.3. The van der Waals surface area contributed by atoms with Gasteiger partial charge in [0.1, 0.15) is 8.80 Å². The van der Waals surface area contributed by atoms with Gasteiger partial charge in [0.2, 0.25) is 0 Å². The molecule has 1 aromatic heterocycles. The maximum absolute atomic E-state index is 4.38. The number of nitrogens with zero attached hydrogens (tertiary/aromatic N) is 1.